The number of fused-ring (bicyclic) bond motifs is 2. The third-order valence-corrected chi connectivity index (χ3v) is 9.08. The molecule has 0 unspecified atom stereocenters. The normalized spacial score (nSPS) is 15.3. The molecular formula is C37H34ClF3N6O5. The number of likely N-dealkylation sites (tertiary alicyclic amines) is 1. The van der Waals surface area contributed by atoms with Crippen molar-refractivity contribution in [2.24, 2.45) is 5.73 Å². The highest BCUT2D eigenvalue weighted by Crippen LogP contribution is 2.31. The van der Waals surface area contributed by atoms with Gasteiger partial charge in [0.2, 0.25) is 0 Å². The van der Waals surface area contributed by atoms with Crippen LogP contribution in [0, 0.1) is 17.5 Å². The topological polar surface area (TPSA) is 139 Å². The molecule has 11 nitrogen and oxygen atoms in total. The summed E-state index contributed by atoms with van der Waals surface area (Å²) in [6.07, 6.45) is 5.40. The molecule has 4 N–H and O–H groups in total. The maximum atomic E-state index is 14.2. The molecular weight excluding hydrogens is 701 g/mol. The number of unbranched alkanes of at least 4 members (excludes halogenated alkanes) is 1. The fourth-order valence-corrected chi connectivity index (χ4v) is 5.98. The highest BCUT2D eigenvalue weighted by molar-refractivity contribution is 6.31. The van der Waals surface area contributed by atoms with E-state index in [-0.39, 0.29) is 55.0 Å². The van der Waals surface area contributed by atoms with Gasteiger partial charge in [-0.25, -0.2) is 32.5 Å². The summed E-state index contributed by atoms with van der Waals surface area (Å²) in [5.41, 5.74) is 7.73. The first-order chi connectivity index (χ1) is 25.0. The van der Waals surface area contributed by atoms with E-state index in [2.05, 4.69) is 15.6 Å². The molecule has 0 aliphatic carbocycles. The van der Waals surface area contributed by atoms with Crippen molar-refractivity contribution in [1.29, 1.82) is 0 Å². The van der Waals surface area contributed by atoms with Gasteiger partial charge in [-0.2, -0.15) is 0 Å². The Kier molecular flexibility index (Phi) is 11.1. The van der Waals surface area contributed by atoms with Gasteiger partial charge in [0.1, 0.15) is 35.6 Å². The van der Waals surface area contributed by atoms with Crippen molar-refractivity contribution in [3.63, 3.8) is 0 Å². The molecule has 1 atom stereocenters. The van der Waals surface area contributed by atoms with Crippen molar-refractivity contribution in [2.75, 3.05) is 25.1 Å². The average Bonchev–Trinajstić information content (AvgIpc) is 3.10. The van der Waals surface area contributed by atoms with E-state index < -0.39 is 29.6 Å². The quantitative estimate of drug-likeness (QED) is 0.108. The maximum Gasteiger partial charge on any atom is 0.412 e. The predicted molar refractivity (Wildman–Crippen MR) is 188 cm³/mol. The zero-order valence-electron chi connectivity index (χ0n) is 27.7. The van der Waals surface area contributed by atoms with E-state index in [9.17, 15) is 27.6 Å². The number of hydrogen-bond acceptors (Lipinski definition) is 6. The van der Waals surface area contributed by atoms with Crippen LogP contribution in [0.2, 0.25) is 5.02 Å². The molecule has 1 aromatic heterocycles. The molecule has 2 aliphatic rings. The Balaban J connectivity index is 1.10. The van der Waals surface area contributed by atoms with E-state index in [4.69, 9.17) is 26.8 Å². The number of allylic oxidation sites excluding steroid dienone is 1. The van der Waals surface area contributed by atoms with Gasteiger partial charge in [-0.3, -0.25) is 10.2 Å². The number of primary amides is 1. The standard InChI is InChI=1S/C37H34ClF3N6O5/c38-34-23(4-3-5-30(34)41)19-44-36(49)46-12-11-29(46)21-52-32(31-16-25-14-28(40)10-8-24(25)20-47(31)35(42)48)6-1-2-13-51-37(50)45-33-17-26-15-27(39)9-7-22(26)18-43-33/h3-10,14-18,29H,1-2,11-13,19-21H2,(H2,42,48)(H,44,49)(H,43,45,50)/t29-/m0/s1. The van der Waals surface area contributed by atoms with Crippen LogP contribution in [0.15, 0.2) is 84.4 Å². The molecule has 2 aliphatic heterocycles. The summed E-state index contributed by atoms with van der Waals surface area (Å²) in [4.78, 5) is 45.0. The van der Waals surface area contributed by atoms with E-state index >= 15 is 0 Å². The fourth-order valence-electron chi connectivity index (χ4n) is 5.79. The highest BCUT2D eigenvalue weighted by Gasteiger charge is 2.34. The van der Waals surface area contributed by atoms with Crippen molar-refractivity contribution >= 4 is 52.4 Å². The number of nitrogens with one attached hydrogen (secondary N) is 2. The Labute approximate surface area is 301 Å². The molecule has 0 radical (unpaired) electrons. The second-order valence-electron chi connectivity index (χ2n) is 12.1. The Bertz CT molecular complexity index is 2080. The summed E-state index contributed by atoms with van der Waals surface area (Å²) in [6.45, 7) is 0.637. The predicted octanol–water partition coefficient (Wildman–Crippen LogP) is 7.45. The van der Waals surface area contributed by atoms with Crippen LogP contribution in [-0.2, 0) is 22.6 Å². The average molecular weight is 735 g/mol. The van der Waals surface area contributed by atoms with Crippen LogP contribution in [0.4, 0.5) is 33.4 Å². The zero-order valence-corrected chi connectivity index (χ0v) is 28.5. The minimum Gasteiger partial charge on any atom is -0.490 e. The van der Waals surface area contributed by atoms with Crippen LogP contribution in [0.5, 0.6) is 0 Å². The molecule has 6 rings (SSSR count). The van der Waals surface area contributed by atoms with Crippen molar-refractivity contribution in [3.8, 4) is 0 Å². The van der Waals surface area contributed by atoms with E-state index in [1.807, 2.05) is 0 Å². The number of amides is 5. The number of urea groups is 2. The number of halogens is 4. The molecule has 0 spiro atoms. The SMILES string of the molecule is NC(=O)N1Cc2ccc(F)cc2C=C1C(=CCCCOC(=O)Nc1cc2cc(F)ccc2cn1)OC[C@@H]1CCN1C(=O)NCc1cccc(F)c1Cl. The van der Waals surface area contributed by atoms with E-state index in [0.29, 0.717) is 59.0 Å². The maximum absolute atomic E-state index is 14.2. The lowest BCUT2D eigenvalue weighted by Crippen LogP contribution is -2.56. The van der Waals surface area contributed by atoms with Crippen molar-refractivity contribution in [2.45, 2.75) is 38.4 Å². The Morgan fingerprint density at radius 3 is 2.62 bits per heavy atom. The minimum atomic E-state index is -0.750. The van der Waals surface area contributed by atoms with Crippen LogP contribution in [0.3, 0.4) is 0 Å². The van der Waals surface area contributed by atoms with Crippen molar-refractivity contribution in [1.82, 2.24) is 20.1 Å². The second kappa shape index (κ2) is 16.1. The largest absolute Gasteiger partial charge is 0.490 e. The van der Waals surface area contributed by atoms with Gasteiger partial charge in [0, 0.05) is 24.7 Å². The van der Waals surface area contributed by atoms with Gasteiger partial charge in [-0.15, -0.1) is 0 Å². The molecule has 3 heterocycles. The lowest BCUT2D eigenvalue weighted by molar-refractivity contribution is 0.0537. The first-order valence-electron chi connectivity index (χ1n) is 16.4. The summed E-state index contributed by atoms with van der Waals surface area (Å²) < 4.78 is 53.2. The Morgan fingerprint density at radius 2 is 1.83 bits per heavy atom. The number of nitrogens with two attached hydrogens (primary N) is 1. The summed E-state index contributed by atoms with van der Waals surface area (Å²) in [7, 11) is 0. The number of hydrogen-bond donors (Lipinski definition) is 3. The van der Waals surface area contributed by atoms with Gasteiger partial charge >= 0.3 is 18.2 Å². The molecule has 1 fully saturated rings. The van der Waals surface area contributed by atoms with Crippen molar-refractivity contribution in [3.05, 3.63) is 124 Å². The lowest BCUT2D eigenvalue weighted by Gasteiger charge is -2.41. The molecule has 52 heavy (non-hydrogen) atoms. The van der Waals surface area contributed by atoms with E-state index in [0.717, 1.165) is 0 Å². The third kappa shape index (κ3) is 8.57. The monoisotopic (exact) mass is 734 g/mol. The van der Waals surface area contributed by atoms with E-state index in [1.165, 1.54) is 53.6 Å². The Hall–Kier alpha value is -5.76. The van der Waals surface area contributed by atoms with Crippen LogP contribution in [0.1, 0.15) is 36.0 Å². The number of rotatable bonds is 11. The van der Waals surface area contributed by atoms with Gasteiger partial charge in [-0.1, -0.05) is 29.8 Å². The van der Waals surface area contributed by atoms with Gasteiger partial charge in [0.05, 0.1) is 29.9 Å². The lowest BCUT2D eigenvalue weighted by atomic mass is 10.00. The summed E-state index contributed by atoms with van der Waals surface area (Å²) >= 11 is 6.03. The Morgan fingerprint density at radius 1 is 1.02 bits per heavy atom. The number of benzene rings is 3. The number of carbonyl (C=O) groups excluding carboxylic acids is 3. The first kappa shape index (κ1) is 36.0. The molecule has 15 heteroatoms. The van der Waals surface area contributed by atoms with Gasteiger partial charge in [-0.05, 0) is 96.0 Å². The molecule has 1 saturated heterocycles. The zero-order chi connectivity index (χ0) is 36.8. The van der Waals surface area contributed by atoms with E-state index in [1.54, 1.807) is 35.3 Å². The molecule has 3 aromatic carbocycles. The summed E-state index contributed by atoms with van der Waals surface area (Å²) in [5, 5.41) is 6.49. The highest BCUT2D eigenvalue weighted by atomic mass is 35.5. The fraction of sp³-hybridized carbons (Fsp3) is 0.243. The number of nitrogens with zero attached hydrogens (tertiary/aromatic N) is 3. The van der Waals surface area contributed by atoms with Crippen LogP contribution >= 0.6 is 11.6 Å². The number of aromatic nitrogens is 1. The van der Waals surface area contributed by atoms with Gasteiger partial charge < -0.3 is 25.4 Å². The molecule has 4 aromatic rings. The number of carbonyl (C=O) groups is 3. The first-order valence-corrected chi connectivity index (χ1v) is 16.8. The molecule has 270 valence electrons. The third-order valence-electron chi connectivity index (χ3n) is 8.66. The molecule has 0 saturated carbocycles. The summed E-state index contributed by atoms with van der Waals surface area (Å²) in [6, 6.07) is 12.9. The van der Waals surface area contributed by atoms with Crippen LogP contribution in [0.25, 0.3) is 16.8 Å². The molecule has 5 amide bonds. The summed E-state index contributed by atoms with van der Waals surface area (Å²) in [5.74, 6) is -0.984. The second-order valence-corrected chi connectivity index (χ2v) is 12.5. The van der Waals surface area contributed by atoms with Crippen molar-refractivity contribution < 1.29 is 37.0 Å². The van der Waals surface area contributed by atoms with Gasteiger partial charge in [0.15, 0.2) is 0 Å². The number of pyridine rings is 1. The number of anilines is 1. The smallest absolute Gasteiger partial charge is 0.412 e. The van der Waals surface area contributed by atoms with Gasteiger partial charge in [0.25, 0.3) is 0 Å². The van der Waals surface area contributed by atoms with Crippen LogP contribution < -0.4 is 16.4 Å². The molecule has 0 bridgehead atoms. The minimum absolute atomic E-state index is 0.0103. The number of ether oxygens (including phenoxy) is 2. The van der Waals surface area contributed by atoms with Crippen LogP contribution in [-0.4, -0.2) is 58.7 Å².